The summed E-state index contributed by atoms with van der Waals surface area (Å²) >= 11 is 6.17. The lowest BCUT2D eigenvalue weighted by atomic mass is 10.1. The molecule has 0 aromatic heterocycles. The molecule has 0 unspecified atom stereocenters. The van der Waals surface area contributed by atoms with E-state index >= 15 is 0 Å². The molecule has 1 aromatic carbocycles. The first-order valence-corrected chi connectivity index (χ1v) is 8.55. The van der Waals surface area contributed by atoms with Crippen molar-refractivity contribution >= 4 is 46.3 Å². The number of carboxylic acids is 1. The van der Waals surface area contributed by atoms with Gasteiger partial charge in [0.2, 0.25) is 0 Å². The predicted molar refractivity (Wildman–Crippen MR) is 93.4 cm³/mol. The topological polar surface area (TPSA) is 89.9 Å². The van der Waals surface area contributed by atoms with Crippen molar-refractivity contribution in [2.45, 2.75) is 26.3 Å². The highest BCUT2D eigenvalue weighted by atomic mass is 32.2. The van der Waals surface area contributed by atoms with Crippen molar-refractivity contribution in [3.8, 4) is 11.5 Å². The van der Waals surface area contributed by atoms with Crippen molar-refractivity contribution in [3.05, 3.63) is 28.7 Å². The summed E-state index contributed by atoms with van der Waals surface area (Å²) in [6, 6.07) is 3.61. The first-order valence-electron chi connectivity index (χ1n) is 7.32. The molecule has 1 saturated heterocycles. The van der Waals surface area contributed by atoms with Gasteiger partial charge in [0.05, 0.1) is 23.5 Å². The minimum atomic E-state index is -1.33. The van der Waals surface area contributed by atoms with Crippen LogP contribution in [-0.4, -0.2) is 38.9 Å². The fourth-order valence-corrected chi connectivity index (χ4v) is 3.60. The van der Waals surface area contributed by atoms with E-state index in [0.29, 0.717) is 22.8 Å². The molecule has 0 saturated carbocycles. The largest absolute Gasteiger partial charge is 0.548 e. The third-order valence-electron chi connectivity index (χ3n) is 3.38. The maximum Gasteiger partial charge on any atom is 0.266 e. The van der Waals surface area contributed by atoms with E-state index in [2.05, 4.69) is 0 Å². The highest BCUT2D eigenvalue weighted by Gasteiger charge is 2.37. The van der Waals surface area contributed by atoms with Crippen LogP contribution in [0.15, 0.2) is 23.1 Å². The number of phenolic OH excluding ortho intramolecular Hbond substituents is 1. The van der Waals surface area contributed by atoms with Gasteiger partial charge in [0, 0.05) is 0 Å². The lowest BCUT2D eigenvalue weighted by Gasteiger charge is -2.26. The van der Waals surface area contributed by atoms with Gasteiger partial charge in [-0.05, 0) is 37.1 Å². The Kier molecular flexibility index (Phi) is 5.84. The fourth-order valence-electron chi connectivity index (χ4n) is 2.25. The van der Waals surface area contributed by atoms with Crippen molar-refractivity contribution in [1.29, 1.82) is 0 Å². The molecule has 0 radical (unpaired) electrons. The van der Waals surface area contributed by atoms with Crippen LogP contribution in [0.1, 0.15) is 25.8 Å². The maximum atomic E-state index is 12.5. The second-order valence-electron chi connectivity index (χ2n) is 4.95. The summed E-state index contributed by atoms with van der Waals surface area (Å²) < 4.78 is 5.49. The van der Waals surface area contributed by atoms with Crippen molar-refractivity contribution in [3.63, 3.8) is 0 Å². The van der Waals surface area contributed by atoms with Crippen LogP contribution in [0.25, 0.3) is 6.08 Å². The number of rotatable bonds is 6. The lowest BCUT2D eigenvalue weighted by Crippen LogP contribution is -2.49. The number of ether oxygens (including phenoxy) is 1. The molecule has 0 aliphatic carbocycles. The third kappa shape index (κ3) is 3.70. The van der Waals surface area contributed by atoms with Crippen molar-refractivity contribution in [2.24, 2.45) is 0 Å². The van der Waals surface area contributed by atoms with Gasteiger partial charge >= 0.3 is 0 Å². The number of carboxylic acid groups (broad SMARTS) is 1. The van der Waals surface area contributed by atoms with Crippen LogP contribution in [-0.2, 0) is 9.59 Å². The Labute approximate surface area is 149 Å². The number of aliphatic carboxylic acids is 1. The number of thioether (sulfide) groups is 1. The zero-order valence-corrected chi connectivity index (χ0v) is 14.8. The summed E-state index contributed by atoms with van der Waals surface area (Å²) in [4.78, 5) is 25.1. The number of amides is 1. The highest BCUT2D eigenvalue weighted by molar-refractivity contribution is 8.26. The molecule has 1 heterocycles. The lowest BCUT2D eigenvalue weighted by molar-refractivity contribution is -0.310. The van der Waals surface area contributed by atoms with Crippen LogP contribution >= 0.6 is 24.0 Å². The van der Waals surface area contributed by atoms with Crippen molar-refractivity contribution < 1.29 is 24.5 Å². The Morgan fingerprint density at radius 1 is 1.50 bits per heavy atom. The Balaban J connectivity index is 2.32. The molecule has 2 rings (SSSR count). The molecule has 1 aliphatic heterocycles. The number of carbonyl (C=O) groups excluding carboxylic acids is 2. The second-order valence-corrected chi connectivity index (χ2v) is 6.63. The van der Waals surface area contributed by atoms with E-state index in [1.807, 2.05) is 0 Å². The number of aromatic hydroxyl groups is 1. The van der Waals surface area contributed by atoms with Gasteiger partial charge in [-0.2, -0.15) is 0 Å². The molecule has 1 atom stereocenters. The summed E-state index contributed by atoms with van der Waals surface area (Å²) in [5.74, 6) is -1.49. The number of benzene rings is 1. The Morgan fingerprint density at radius 3 is 2.79 bits per heavy atom. The summed E-state index contributed by atoms with van der Waals surface area (Å²) in [6.07, 6.45) is 1.79. The van der Waals surface area contributed by atoms with Crippen LogP contribution < -0.4 is 9.84 Å². The number of hydrogen-bond donors (Lipinski definition) is 1. The van der Waals surface area contributed by atoms with Crippen molar-refractivity contribution in [1.82, 2.24) is 4.90 Å². The SMILES string of the molecule is CCOc1cc(C=C2SC(=S)N([C@H](CC)C(=O)[O-])C2=O)ccc1O. The van der Waals surface area contributed by atoms with Gasteiger partial charge in [0.15, 0.2) is 11.5 Å². The van der Waals surface area contributed by atoms with Crippen LogP contribution in [0.5, 0.6) is 11.5 Å². The van der Waals surface area contributed by atoms with Crippen LogP contribution in [0.2, 0.25) is 0 Å². The third-order valence-corrected chi connectivity index (χ3v) is 4.71. The summed E-state index contributed by atoms with van der Waals surface area (Å²) in [5, 5.41) is 20.9. The van der Waals surface area contributed by atoms with Gasteiger partial charge in [-0.15, -0.1) is 0 Å². The van der Waals surface area contributed by atoms with E-state index in [4.69, 9.17) is 17.0 Å². The molecule has 1 N–H and O–H groups in total. The summed E-state index contributed by atoms with van der Waals surface area (Å²) in [6.45, 7) is 3.84. The van der Waals surface area contributed by atoms with E-state index in [9.17, 15) is 19.8 Å². The van der Waals surface area contributed by atoms with Gasteiger partial charge < -0.3 is 19.7 Å². The van der Waals surface area contributed by atoms with Crippen LogP contribution in [0, 0.1) is 0 Å². The average Bonchev–Trinajstić information content (AvgIpc) is 2.79. The zero-order valence-electron chi connectivity index (χ0n) is 13.1. The first-order chi connectivity index (χ1) is 11.4. The molecular weight excluding hydrogens is 350 g/mol. The molecule has 24 heavy (non-hydrogen) atoms. The Bertz CT molecular complexity index is 716. The molecular formula is C16H16NO5S2-. The molecule has 1 fully saturated rings. The van der Waals surface area contributed by atoms with E-state index in [1.54, 1.807) is 32.1 Å². The first kappa shape index (κ1) is 18.3. The molecule has 128 valence electrons. The number of carbonyl (C=O) groups is 2. The molecule has 1 aromatic rings. The van der Waals surface area contributed by atoms with Gasteiger partial charge in [-0.25, -0.2) is 0 Å². The predicted octanol–water partition coefficient (Wildman–Crippen LogP) is 1.52. The minimum absolute atomic E-state index is 0.00421. The smallest absolute Gasteiger partial charge is 0.266 e. The minimum Gasteiger partial charge on any atom is -0.548 e. The quantitative estimate of drug-likeness (QED) is 0.603. The van der Waals surface area contributed by atoms with E-state index in [1.165, 1.54) is 6.07 Å². The molecule has 1 amide bonds. The Hall–Kier alpha value is -2.06. The van der Waals surface area contributed by atoms with Gasteiger partial charge in [0.25, 0.3) is 5.91 Å². The number of hydrogen-bond acceptors (Lipinski definition) is 7. The maximum absolute atomic E-state index is 12.5. The zero-order chi connectivity index (χ0) is 17.9. The van der Waals surface area contributed by atoms with E-state index < -0.39 is 17.9 Å². The van der Waals surface area contributed by atoms with Gasteiger partial charge in [-0.1, -0.05) is 37.0 Å². The van der Waals surface area contributed by atoms with E-state index in [0.717, 1.165) is 16.7 Å². The van der Waals surface area contributed by atoms with Crippen LogP contribution in [0.3, 0.4) is 0 Å². The van der Waals surface area contributed by atoms with E-state index in [-0.39, 0.29) is 16.5 Å². The number of phenols is 1. The second kappa shape index (κ2) is 7.67. The number of thiocarbonyl (C=S) groups is 1. The number of nitrogens with zero attached hydrogens (tertiary/aromatic N) is 1. The van der Waals surface area contributed by atoms with Gasteiger partial charge in [0.1, 0.15) is 4.32 Å². The average molecular weight is 366 g/mol. The van der Waals surface area contributed by atoms with Gasteiger partial charge in [-0.3, -0.25) is 9.69 Å². The highest BCUT2D eigenvalue weighted by Crippen LogP contribution is 2.35. The van der Waals surface area contributed by atoms with Crippen LogP contribution in [0.4, 0.5) is 0 Å². The normalized spacial score (nSPS) is 17.4. The Morgan fingerprint density at radius 2 is 2.21 bits per heavy atom. The summed E-state index contributed by atoms with van der Waals surface area (Å²) in [5.41, 5.74) is 0.637. The molecule has 1 aliphatic rings. The molecule has 8 heteroatoms. The summed E-state index contributed by atoms with van der Waals surface area (Å²) in [7, 11) is 0. The molecule has 0 spiro atoms. The van der Waals surface area contributed by atoms with Crippen molar-refractivity contribution in [2.75, 3.05) is 6.61 Å². The molecule has 6 nitrogen and oxygen atoms in total. The molecule has 0 bridgehead atoms. The standard InChI is InChI=1S/C16H17NO5S2/c1-3-10(15(20)21)17-14(19)13(24-16(17)23)8-9-5-6-11(18)12(7-9)22-4-2/h5-8,10,18H,3-4H2,1-2H3,(H,20,21)/p-1/t10-/m1/s1. The fraction of sp³-hybridized carbons (Fsp3) is 0.312. The monoisotopic (exact) mass is 366 g/mol.